The molecule has 0 amide bonds. The molecular weight excluding hydrogens is 316 g/mol. The van der Waals surface area contributed by atoms with Crippen LogP contribution in [0.15, 0.2) is 15.9 Å². The van der Waals surface area contributed by atoms with Crippen LogP contribution in [0.25, 0.3) is 11.2 Å². The fraction of sp³-hybridized carbons (Fsp3) is 0.600. The zero-order valence-corrected chi connectivity index (χ0v) is 14.1. The third-order valence-electron chi connectivity index (χ3n) is 3.84. The largest absolute Gasteiger partial charge is 0.464 e. The number of aliphatic hydroxyl groups excluding tert-OH is 1. The number of hydrogen-bond acceptors (Lipinski definition) is 6. The first-order chi connectivity index (χ1) is 11.4. The summed E-state index contributed by atoms with van der Waals surface area (Å²) in [6, 6.07) is 0. The molecule has 0 aliphatic heterocycles. The van der Waals surface area contributed by atoms with E-state index in [1.807, 2.05) is 6.92 Å². The molecule has 0 aliphatic rings. The lowest BCUT2D eigenvalue weighted by Gasteiger charge is -2.10. The van der Waals surface area contributed by atoms with Crippen molar-refractivity contribution in [2.24, 2.45) is 14.1 Å². The molecule has 9 nitrogen and oxygen atoms in total. The predicted octanol–water partition coefficient (Wildman–Crippen LogP) is -0.472. The van der Waals surface area contributed by atoms with Crippen LogP contribution in [-0.2, 0) is 30.2 Å². The van der Waals surface area contributed by atoms with Crippen molar-refractivity contribution < 1.29 is 14.6 Å². The van der Waals surface area contributed by atoms with Crippen molar-refractivity contribution in [3.63, 3.8) is 0 Å². The highest BCUT2D eigenvalue weighted by molar-refractivity contribution is 5.70. The Kier molecular flexibility index (Phi) is 5.55. The van der Waals surface area contributed by atoms with Crippen LogP contribution in [-0.4, -0.2) is 42.5 Å². The van der Waals surface area contributed by atoms with Gasteiger partial charge in [-0.2, -0.15) is 0 Å². The first kappa shape index (κ1) is 17.9. The van der Waals surface area contributed by atoms with Crippen LogP contribution < -0.4 is 11.2 Å². The highest BCUT2D eigenvalue weighted by Gasteiger charge is 2.15. The Bertz CT molecular complexity index is 848. The van der Waals surface area contributed by atoms with Crippen LogP contribution >= 0.6 is 0 Å². The first-order valence-electron chi connectivity index (χ1n) is 7.81. The zero-order chi connectivity index (χ0) is 17.9. The minimum absolute atomic E-state index is 0.0468. The highest BCUT2D eigenvalue weighted by Crippen LogP contribution is 2.06. The van der Waals surface area contributed by atoms with Gasteiger partial charge in [0.1, 0.15) is 6.61 Å². The topological polar surface area (TPSA) is 108 Å². The van der Waals surface area contributed by atoms with Crippen LogP contribution in [0.3, 0.4) is 0 Å². The normalized spacial score (nSPS) is 12.5. The van der Waals surface area contributed by atoms with E-state index in [4.69, 9.17) is 4.74 Å². The average Bonchev–Trinajstić information content (AvgIpc) is 2.95. The molecule has 1 atom stereocenters. The zero-order valence-electron chi connectivity index (χ0n) is 14.1. The molecule has 0 saturated heterocycles. The van der Waals surface area contributed by atoms with Crippen molar-refractivity contribution in [2.45, 2.75) is 38.8 Å². The van der Waals surface area contributed by atoms with Gasteiger partial charge in [-0.05, 0) is 6.42 Å². The predicted molar refractivity (Wildman–Crippen MR) is 86.7 cm³/mol. The fourth-order valence-electron chi connectivity index (χ4n) is 2.51. The number of aromatic nitrogens is 4. The maximum atomic E-state index is 12.2. The summed E-state index contributed by atoms with van der Waals surface area (Å²) in [6.07, 6.45) is 2.03. The molecule has 2 aromatic heterocycles. The van der Waals surface area contributed by atoms with Crippen molar-refractivity contribution in [3.8, 4) is 0 Å². The maximum Gasteiger partial charge on any atom is 0.332 e. The van der Waals surface area contributed by atoms with Crippen LogP contribution in [0.1, 0.15) is 26.2 Å². The molecule has 2 rings (SSSR count). The molecule has 0 radical (unpaired) electrons. The molecule has 24 heavy (non-hydrogen) atoms. The number of imidazole rings is 1. The number of ether oxygens (including phenoxy) is 1. The van der Waals surface area contributed by atoms with E-state index in [2.05, 4.69) is 4.98 Å². The summed E-state index contributed by atoms with van der Waals surface area (Å²) in [5.74, 6) is -0.485. The van der Waals surface area contributed by atoms with Crippen LogP contribution in [0.2, 0.25) is 0 Å². The van der Waals surface area contributed by atoms with Gasteiger partial charge in [-0.25, -0.2) is 9.78 Å². The monoisotopic (exact) mass is 338 g/mol. The van der Waals surface area contributed by atoms with E-state index in [0.29, 0.717) is 6.42 Å². The van der Waals surface area contributed by atoms with E-state index in [0.717, 1.165) is 11.0 Å². The Labute approximate surface area is 138 Å². The molecule has 0 saturated carbocycles. The second-order valence-electron chi connectivity index (χ2n) is 5.68. The molecule has 2 heterocycles. The number of carbonyl (C=O) groups is 1. The molecular formula is C15H22N4O5. The Morgan fingerprint density at radius 2 is 2.04 bits per heavy atom. The molecule has 0 bridgehead atoms. The van der Waals surface area contributed by atoms with Crippen LogP contribution in [0, 0.1) is 0 Å². The summed E-state index contributed by atoms with van der Waals surface area (Å²) < 4.78 is 8.93. The standard InChI is InChI=1S/C15H22N4O5/c1-4-5-10(20)8-11(21)24-7-6-19-9-16-13-12(19)14(22)18(3)15(23)17(13)2/h9-10,20H,4-8H2,1-3H3/t10-/m1/s1. The minimum Gasteiger partial charge on any atom is -0.464 e. The molecule has 132 valence electrons. The Hall–Kier alpha value is -2.42. The van der Waals surface area contributed by atoms with E-state index in [9.17, 15) is 19.5 Å². The third kappa shape index (κ3) is 3.56. The van der Waals surface area contributed by atoms with Crippen molar-refractivity contribution >= 4 is 17.1 Å². The number of aryl methyl sites for hydroxylation is 1. The second kappa shape index (κ2) is 7.43. The molecule has 0 aliphatic carbocycles. The van der Waals surface area contributed by atoms with Crippen LogP contribution in [0.4, 0.5) is 0 Å². The molecule has 2 aromatic rings. The molecule has 1 N–H and O–H groups in total. The minimum atomic E-state index is -0.696. The Balaban J connectivity index is 2.08. The summed E-state index contributed by atoms with van der Waals surface area (Å²) in [5, 5.41) is 9.58. The van der Waals surface area contributed by atoms with Gasteiger partial charge in [-0.3, -0.25) is 18.7 Å². The quantitative estimate of drug-likeness (QED) is 0.684. The summed E-state index contributed by atoms with van der Waals surface area (Å²) in [6.45, 7) is 2.21. The van der Waals surface area contributed by atoms with Gasteiger partial charge in [0.25, 0.3) is 5.56 Å². The number of nitrogens with zero attached hydrogens (tertiary/aromatic N) is 4. The van der Waals surface area contributed by atoms with Gasteiger partial charge >= 0.3 is 11.7 Å². The van der Waals surface area contributed by atoms with E-state index >= 15 is 0 Å². The lowest BCUT2D eigenvalue weighted by atomic mass is 10.1. The lowest BCUT2D eigenvalue weighted by Crippen LogP contribution is -2.37. The van der Waals surface area contributed by atoms with Crippen molar-refractivity contribution in [2.75, 3.05) is 6.61 Å². The van der Waals surface area contributed by atoms with Gasteiger partial charge in [0.15, 0.2) is 11.2 Å². The Morgan fingerprint density at radius 3 is 2.71 bits per heavy atom. The highest BCUT2D eigenvalue weighted by atomic mass is 16.5. The van der Waals surface area contributed by atoms with E-state index in [1.165, 1.54) is 25.0 Å². The lowest BCUT2D eigenvalue weighted by molar-refractivity contribution is -0.146. The second-order valence-corrected chi connectivity index (χ2v) is 5.68. The summed E-state index contributed by atoms with van der Waals surface area (Å²) in [5.41, 5.74) is -0.334. The molecule has 9 heteroatoms. The van der Waals surface area contributed by atoms with Gasteiger partial charge in [0, 0.05) is 14.1 Å². The molecule has 0 fully saturated rings. The summed E-state index contributed by atoms with van der Waals surface area (Å²) in [4.78, 5) is 39.8. The summed E-state index contributed by atoms with van der Waals surface area (Å²) >= 11 is 0. The fourth-order valence-corrected chi connectivity index (χ4v) is 2.51. The molecule has 0 unspecified atom stereocenters. The van der Waals surface area contributed by atoms with Crippen molar-refractivity contribution in [3.05, 3.63) is 27.2 Å². The number of carbonyl (C=O) groups excluding carboxylic acids is 1. The number of rotatable bonds is 7. The third-order valence-corrected chi connectivity index (χ3v) is 3.84. The molecule has 0 aromatic carbocycles. The first-order valence-corrected chi connectivity index (χ1v) is 7.81. The van der Waals surface area contributed by atoms with E-state index in [1.54, 1.807) is 4.57 Å². The van der Waals surface area contributed by atoms with Gasteiger partial charge in [-0.15, -0.1) is 0 Å². The Morgan fingerprint density at radius 1 is 1.33 bits per heavy atom. The number of aliphatic hydroxyl groups is 1. The molecule has 0 spiro atoms. The van der Waals surface area contributed by atoms with Crippen LogP contribution in [0.5, 0.6) is 0 Å². The number of hydrogen-bond donors (Lipinski definition) is 1. The van der Waals surface area contributed by atoms with Gasteiger partial charge in [0.05, 0.1) is 25.4 Å². The SMILES string of the molecule is CCC[C@@H](O)CC(=O)OCCn1cnc2c1c(=O)n(C)c(=O)n2C. The maximum absolute atomic E-state index is 12.2. The van der Waals surface area contributed by atoms with Gasteiger partial charge in [0.2, 0.25) is 0 Å². The van der Waals surface area contributed by atoms with Crippen molar-refractivity contribution in [1.82, 2.24) is 18.7 Å². The van der Waals surface area contributed by atoms with E-state index in [-0.39, 0.29) is 30.7 Å². The number of esters is 1. The van der Waals surface area contributed by atoms with Gasteiger partial charge in [-0.1, -0.05) is 13.3 Å². The van der Waals surface area contributed by atoms with E-state index < -0.39 is 23.3 Å². The number of fused-ring (bicyclic) bond motifs is 1. The van der Waals surface area contributed by atoms with Gasteiger partial charge < -0.3 is 14.4 Å². The summed E-state index contributed by atoms with van der Waals surface area (Å²) in [7, 11) is 2.94. The average molecular weight is 338 g/mol. The smallest absolute Gasteiger partial charge is 0.332 e. The van der Waals surface area contributed by atoms with Crippen molar-refractivity contribution in [1.29, 1.82) is 0 Å².